The van der Waals surface area contributed by atoms with Gasteiger partial charge in [0, 0.05) is 30.8 Å². The molecule has 3 heterocycles. The Hall–Kier alpha value is -5.30. The van der Waals surface area contributed by atoms with E-state index in [2.05, 4.69) is 20.7 Å². The van der Waals surface area contributed by atoms with Gasteiger partial charge in [0.1, 0.15) is 12.3 Å². The molecule has 0 aliphatic carbocycles. The fourth-order valence-electron chi connectivity index (χ4n) is 5.76. The molecule has 3 aromatic carbocycles. The van der Waals surface area contributed by atoms with Gasteiger partial charge >= 0.3 is 0 Å². The molecule has 13 nitrogen and oxygen atoms in total. The van der Waals surface area contributed by atoms with Gasteiger partial charge in [0.25, 0.3) is 5.91 Å². The second-order valence-electron chi connectivity index (χ2n) is 11.5. The second kappa shape index (κ2) is 14.4. The third-order valence-corrected chi connectivity index (χ3v) is 8.14. The first-order valence-electron chi connectivity index (χ1n) is 15.7. The molecule has 4 bridgehead atoms. The monoisotopic (exact) mass is 639 g/mol. The maximum absolute atomic E-state index is 13.6. The van der Waals surface area contributed by atoms with Gasteiger partial charge in [-0.05, 0) is 54.0 Å². The Labute approximate surface area is 272 Å². The maximum Gasteiger partial charge on any atom is 0.254 e. The van der Waals surface area contributed by atoms with E-state index in [0.717, 1.165) is 11.1 Å². The van der Waals surface area contributed by atoms with E-state index in [0.29, 0.717) is 54.6 Å². The van der Waals surface area contributed by atoms with Gasteiger partial charge in [0.15, 0.2) is 11.5 Å². The number of methoxy groups -OCH3 is 1. The standard InChI is InChI=1S/C34H37N7O6/c1-3-15-40-20-31(42)35-27-14-16-39(32(43)21-41-37-33(36-38-41)24-9-5-4-6-10-24)19-30(27)46-22-23-8-7-11-26(17-23)47-29-18-25(34(40)44)12-13-28(29)45-2/h4-13,17-18,27,30H,3,14-16,19-22H2,1-2H3,(H,35,42)/t27-,30-/m0/s1. The number of carbonyl (C=O) groups excluding carboxylic acids is 3. The number of piperidine rings is 1. The molecule has 2 aliphatic heterocycles. The number of nitrogens with zero attached hydrogens (tertiary/aromatic N) is 6. The summed E-state index contributed by atoms with van der Waals surface area (Å²) < 4.78 is 18.1. The van der Waals surface area contributed by atoms with E-state index < -0.39 is 6.10 Å². The number of aromatic nitrogens is 4. The third-order valence-electron chi connectivity index (χ3n) is 8.14. The second-order valence-corrected chi connectivity index (χ2v) is 11.5. The maximum atomic E-state index is 13.6. The first kappa shape index (κ1) is 31.7. The third kappa shape index (κ3) is 7.58. The summed E-state index contributed by atoms with van der Waals surface area (Å²) in [5.74, 6) is 1.05. The molecule has 0 saturated carbocycles. The van der Waals surface area contributed by atoms with Crippen molar-refractivity contribution in [3.8, 4) is 28.6 Å². The number of fused-ring (bicyclic) bond motifs is 5. The summed E-state index contributed by atoms with van der Waals surface area (Å²) in [7, 11) is 1.53. The highest BCUT2D eigenvalue weighted by Crippen LogP contribution is 2.33. The van der Waals surface area contributed by atoms with Crippen LogP contribution in [0.4, 0.5) is 0 Å². The van der Waals surface area contributed by atoms with Crippen molar-refractivity contribution in [2.24, 2.45) is 0 Å². The molecule has 2 atom stereocenters. The molecule has 6 rings (SSSR count). The number of benzene rings is 3. The highest BCUT2D eigenvalue weighted by molar-refractivity contribution is 5.97. The van der Waals surface area contributed by atoms with Gasteiger partial charge in [-0.2, -0.15) is 4.80 Å². The Morgan fingerprint density at radius 1 is 1.04 bits per heavy atom. The van der Waals surface area contributed by atoms with Crippen LogP contribution in [0, 0.1) is 0 Å². The molecule has 1 saturated heterocycles. The SMILES string of the molecule is CCCN1CC(=O)N[C@H]2CCN(C(=O)Cn3nnc(-c4ccccc4)n3)C[C@@H]2OCc2cccc(c2)Oc2cc(ccc2OC)C1=O. The van der Waals surface area contributed by atoms with Gasteiger partial charge in [0.2, 0.25) is 17.6 Å². The molecule has 0 radical (unpaired) electrons. The lowest BCUT2D eigenvalue weighted by Gasteiger charge is -2.39. The van der Waals surface area contributed by atoms with Crippen molar-refractivity contribution < 1.29 is 28.6 Å². The minimum Gasteiger partial charge on any atom is -0.493 e. The first-order chi connectivity index (χ1) is 22.9. The molecular formula is C34H37N7O6. The van der Waals surface area contributed by atoms with Gasteiger partial charge < -0.3 is 29.3 Å². The molecule has 244 valence electrons. The van der Waals surface area contributed by atoms with Crippen LogP contribution in [-0.2, 0) is 27.5 Å². The van der Waals surface area contributed by atoms with Crippen LogP contribution < -0.4 is 14.8 Å². The number of carbonyl (C=O) groups is 3. The number of ether oxygens (including phenoxy) is 3. The number of hydrogen-bond acceptors (Lipinski definition) is 9. The predicted molar refractivity (Wildman–Crippen MR) is 171 cm³/mol. The molecular weight excluding hydrogens is 602 g/mol. The first-order valence-corrected chi connectivity index (χ1v) is 15.7. The Morgan fingerprint density at radius 2 is 1.89 bits per heavy atom. The predicted octanol–water partition coefficient (Wildman–Crippen LogP) is 3.31. The molecule has 0 unspecified atom stereocenters. The number of hydrogen-bond donors (Lipinski definition) is 1. The lowest BCUT2D eigenvalue weighted by atomic mass is 10.0. The van der Waals surface area contributed by atoms with Crippen molar-refractivity contribution in [1.82, 2.24) is 35.3 Å². The zero-order valence-corrected chi connectivity index (χ0v) is 26.4. The number of amides is 3. The van der Waals surface area contributed by atoms with Crippen LogP contribution in [0.3, 0.4) is 0 Å². The normalized spacial score (nSPS) is 18.6. The molecule has 13 heteroatoms. The summed E-state index contributed by atoms with van der Waals surface area (Å²) >= 11 is 0. The fourth-order valence-corrected chi connectivity index (χ4v) is 5.76. The van der Waals surface area contributed by atoms with Gasteiger partial charge in [-0.1, -0.05) is 49.4 Å². The molecule has 1 N–H and O–H groups in total. The smallest absolute Gasteiger partial charge is 0.254 e. The number of tetrazole rings is 1. The number of likely N-dealkylation sites (tertiary alicyclic amines) is 1. The summed E-state index contributed by atoms with van der Waals surface area (Å²) in [6.07, 6.45) is 0.626. The number of rotatable bonds is 6. The zero-order chi connectivity index (χ0) is 32.8. The number of nitrogens with one attached hydrogen (secondary N) is 1. The Bertz CT molecular complexity index is 1730. The highest BCUT2D eigenvalue weighted by atomic mass is 16.5. The van der Waals surface area contributed by atoms with Crippen LogP contribution in [0.5, 0.6) is 17.2 Å². The van der Waals surface area contributed by atoms with Gasteiger partial charge in [-0.15, -0.1) is 10.2 Å². The molecule has 0 spiro atoms. The Balaban J connectivity index is 1.22. The van der Waals surface area contributed by atoms with Crippen molar-refractivity contribution in [2.45, 2.75) is 45.1 Å². The summed E-state index contributed by atoms with van der Waals surface area (Å²) in [4.78, 5) is 44.9. The Morgan fingerprint density at radius 3 is 2.70 bits per heavy atom. The van der Waals surface area contributed by atoms with Crippen molar-refractivity contribution in [2.75, 3.05) is 33.3 Å². The van der Waals surface area contributed by atoms with Crippen LogP contribution in [0.1, 0.15) is 35.7 Å². The Kier molecular flexibility index (Phi) is 9.72. The van der Waals surface area contributed by atoms with Crippen LogP contribution in [0.15, 0.2) is 72.8 Å². The van der Waals surface area contributed by atoms with E-state index in [4.69, 9.17) is 14.2 Å². The van der Waals surface area contributed by atoms with Crippen LogP contribution in [0.2, 0.25) is 0 Å². The van der Waals surface area contributed by atoms with Crippen molar-refractivity contribution in [3.63, 3.8) is 0 Å². The topological polar surface area (TPSA) is 141 Å². The molecule has 1 fully saturated rings. The van der Waals surface area contributed by atoms with E-state index in [1.54, 1.807) is 23.1 Å². The van der Waals surface area contributed by atoms with E-state index in [1.165, 1.54) is 16.8 Å². The van der Waals surface area contributed by atoms with Crippen molar-refractivity contribution in [1.29, 1.82) is 0 Å². The van der Waals surface area contributed by atoms with Crippen LogP contribution in [0.25, 0.3) is 11.4 Å². The van der Waals surface area contributed by atoms with E-state index in [-0.39, 0.29) is 50.0 Å². The lowest BCUT2D eigenvalue weighted by Crippen LogP contribution is -2.57. The van der Waals surface area contributed by atoms with Gasteiger partial charge in [-0.25, -0.2) is 0 Å². The lowest BCUT2D eigenvalue weighted by molar-refractivity contribution is -0.138. The minimum atomic E-state index is -0.513. The molecule has 4 aromatic rings. The largest absolute Gasteiger partial charge is 0.493 e. The van der Waals surface area contributed by atoms with E-state index >= 15 is 0 Å². The molecule has 2 aliphatic rings. The van der Waals surface area contributed by atoms with E-state index in [1.807, 2.05) is 61.5 Å². The zero-order valence-electron chi connectivity index (χ0n) is 26.4. The minimum absolute atomic E-state index is 0.0827. The van der Waals surface area contributed by atoms with E-state index in [9.17, 15) is 14.4 Å². The average Bonchev–Trinajstić information content (AvgIpc) is 3.56. The average molecular weight is 640 g/mol. The molecule has 47 heavy (non-hydrogen) atoms. The van der Waals surface area contributed by atoms with Crippen molar-refractivity contribution in [3.05, 3.63) is 83.9 Å². The quantitative estimate of drug-likeness (QED) is 0.336. The fraction of sp³-hybridized carbons (Fsp3) is 0.353. The van der Waals surface area contributed by atoms with Gasteiger partial charge in [-0.3, -0.25) is 14.4 Å². The van der Waals surface area contributed by atoms with Gasteiger partial charge in [0.05, 0.1) is 32.4 Å². The summed E-state index contributed by atoms with van der Waals surface area (Å²) in [6.45, 7) is 3.01. The van der Waals surface area contributed by atoms with Crippen molar-refractivity contribution >= 4 is 17.7 Å². The summed E-state index contributed by atoms with van der Waals surface area (Å²) in [6, 6.07) is 21.5. The summed E-state index contributed by atoms with van der Waals surface area (Å²) in [5, 5.41) is 15.6. The summed E-state index contributed by atoms with van der Waals surface area (Å²) in [5.41, 5.74) is 2.03. The van der Waals surface area contributed by atoms with Crippen LogP contribution in [-0.4, -0.2) is 93.2 Å². The molecule has 3 amide bonds. The molecule has 1 aromatic heterocycles. The highest BCUT2D eigenvalue weighted by Gasteiger charge is 2.34. The van der Waals surface area contributed by atoms with Crippen LogP contribution >= 0.6 is 0 Å².